The van der Waals surface area contributed by atoms with Gasteiger partial charge in [-0.3, -0.25) is 19.3 Å². The lowest BCUT2D eigenvalue weighted by atomic mass is 9.85. The van der Waals surface area contributed by atoms with Gasteiger partial charge in [0.2, 0.25) is 17.7 Å². The van der Waals surface area contributed by atoms with Gasteiger partial charge in [0, 0.05) is 5.69 Å². The minimum Gasteiger partial charge on any atom is -0.462 e. The van der Waals surface area contributed by atoms with Crippen LogP contribution in [0.3, 0.4) is 0 Å². The summed E-state index contributed by atoms with van der Waals surface area (Å²) in [7, 11) is 0. The summed E-state index contributed by atoms with van der Waals surface area (Å²) in [4.78, 5) is 52.6. The highest BCUT2D eigenvalue weighted by molar-refractivity contribution is 6.10. The van der Waals surface area contributed by atoms with Gasteiger partial charge in [0.05, 0.1) is 24.0 Å². The fourth-order valence-electron chi connectivity index (χ4n) is 5.14. The smallest absolute Gasteiger partial charge is 0.338 e. The Morgan fingerprint density at radius 1 is 1.06 bits per heavy atom. The lowest BCUT2D eigenvalue weighted by molar-refractivity contribution is -0.147. The molecule has 2 bridgehead atoms. The van der Waals surface area contributed by atoms with Gasteiger partial charge in [-0.1, -0.05) is 26.0 Å². The lowest BCUT2D eigenvalue weighted by Crippen LogP contribution is -2.49. The van der Waals surface area contributed by atoms with Crippen LogP contribution in [-0.4, -0.2) is 41.2 Å². The molecule has 1 aromatic carbocycles. The van der Waals surface area contributed by atoms with Crippen molar-refractivity contribution in [2.24, 2.45) is 29.6 Å². The molecule has 2 aliphatic carbocycles. The van der Waals surface area contributed by atoms with E-state index in [2.05, 4.69) is 5.32 Å². The van der Waals surface area contributed by atoms with E-state index in [4.69, 9.17) is 4.74 Å². The number of imide groups is 1. The number of hydrogen-bond acceptors (Lipinski definition) is 5. The van der Waals surface area contributed by atoms with Crippen LogP contribution >= 0.6 is 0 Å². The minimum atomic E-state index is -0.852. The maximum absolute atomic E-state index is 13.2. The number of ether oxygens (including phenoxy) is 1. The first-order chi connectivity index (χ1) is 14.8. The predicted octanol–water partition coefficient (Wildman–Crippen LogP) is 3.02. The zero-order chi connectivity index (χ0) is 22.3. The zero-order valence-corrected chi connectivity index (χ0v) is 18.0. The first-order valence-electron chi connectivity index (χ1n) is 10.9. The number of benzene rings is 1. The van der Waals surface area contributed by atoms with Crippen LogP contribution in [0.1, 0.15) is 44.0 Å². The Balaban J connectivity index is 1.52. The molecule has 3 aliphatic rings. The molecule has 1 aromatic rings. The summed E-state index contributed by atoms with van der Waals surface area (Å²) < 4.78 is 4.97. The average molecular weight is 424 g/mol. The Bertz CT molecular complexity index is 906. The van der Waals surface area contributed by atoms with E-state index in [1.807, 2.05) is 26.0 Å². The fraction of sp³-hybridized carbons (Fsp3) is 0.500. The van der Waals surface area contributed by atoms with E-state index in [0.717, 1.165) is 6.42 Å². The molecule has 0 aromatic heterocycles. The molecule has 7 heteroatoms. The van der Waals surface area contributed by atoms with Crippen molar-refractivity contribution in [1.29, 1.82) is 0 Å². The number of hydrogen-bond donors (Lipinski definition) is 1. The van der Waals surface area contributed by atoms with Crippen LogP contribution in [-0.2, 0) is 19.1 Å². The average Bonchev–Trinajstić information content (AvgIpc) is 3.41. The molecule has 1 N–H and O–H groups in total. The Labute approximate surface area is 181 Å². The molecule has 2 fully saturated rings. The number of amides is 3. The molecular formula is C24H28N2O5. The van der Waals surface area contributed by atoms with E-state index in [9.17, 15) is 19.2 Å². The summed E-state index contributed by atoms with van der Waals surface area (Å²) in [6.45, 7) is 5.94. The van der Waals surface area contributed by atoms with Crippen molar-refractivity contribution in [2.75, 3.05) is 11.9 Å². The van der Waals surface area contributed by atoms with Crippen LogP contribution in [0, 0.1) is 29.6 Å². The van der Waals surface area contributed by atoms with Gasteiger partial charge in [0.1, 0.15) is 6.04 Å². The quantitative estimate of drug-likeness (QED) is 0.413. The first kappa shape index (κ1) is 21.3. The Morgan fingerprint density at radius 2 is 1.65 bits per heavy atom. The largest absolute Gasteiger partial charge is 0.462 e. The van der Waals surface area contributed by atoms with E-state index >= 15 is 0 Å². The van der Waals surface area contributed by atoms with Gasteiger partial charge in [-0.2, -0.15) is 0 Å². The molecule has 4 rings (SSSR count). The van der Waals surface area contributed by atoms with Crippen molar-refractivity contribution < 1.29 is 23.9 Å². The molecule has 7 nitrogen and oxygen atoms in total. The van der Waals surface area contributed by atoms with E-state index in [1.54, 1.807) is 31.2 Å². The van der Waals surface area contributed by atoms with Gasteiger partial charge < -0.3 is 10.1 Å². The second kappa shape index (κ2) is 8.29. The molecule has 0 unspecified atom stereocenters. The highest BCUT2D eigenvalue weighted by atomic mass is 16.5. The molecule has 1 aliphatic heterocycles. The van der Waals surface area contributed by atoms with Crippen LogP contribution in [0.2, 0.25) is 0 Å². The van der Waals surface area contributed by atoms with Gasteiger partial charge in [0.25, 0.3) is 0 Å². The van der Waals surface area contributed by atoms with Gasteiger partial charge >= 0.3 is 5.97 Å². The monoisotopic (exact) mass is 424 g/mol. The highest BCUT2D eigenvalue weighted by Crippen LogP contribution is 2.53. The summed E-state index contributed by atoms with van der Waals surface area (Å²) >= 11 is 0. The summed E-state index contributed by atoms with van der Waals surface area (Å²) in [5.41, 5.74) is 0.882. The van der Waals surface area contributed by atoms with Crippen molar-refractivity contribution in [3.63, 3.8) is 0 Å². The molecule has 1 saturated heterocycles. The topological polar surface area (TPSA) is 92.8 Å². The number of carbonyl (C=O) groups excluding carboxylic acids is 4. The third-order valence-electron chi connectivity index (χ3n) is 6.48. The number of anilines is 1. The summed E-state index contributed by atoms with van der Waals surface area (Å²) in [6, 6.07) is 5.53. The Kier molecular flexibility index (Phi) is 5.69. The predicted molar refractivity (Wildman–Crippen MR) is 114 cm³/mol. The summed E-state index contributed by atoms with van der Waals surface area (Å²) in [5.74, 6) is -1.57. The van der Waals surface area contributed by atoms with Crippen molar-refractivity contribution >= 4 is 29.4 Å². The summed E-state index contributed by atoms with van der Waals surface area (Å²) in [5, 5.41) is 2.81. The molecule has 31 heavy (non-hydrogen) atoms. The molecular weight excluding hydrogens is 396 g/mol. The number of esters is 1. The van der Waals surface area contributed by atoms with Crippen molar-refractivity contribution in [3.05, 3.63) is 42.0 Å². The van der Waals surface area contributed by atoms with Crippen LogP contribution in [0.25, 0.3) is 0 Å². The van der Waals surface area contributed by atoms with E-state index < -0.39 is 12.0 Å². The number of rotatable bonds is 7. The Hall–Kier alpha value is -2.96. The first-order valence-corrected chi connectivity index (χ1v) is 10.9. The second-order valence-corrected chi connectivity index (χ2v) is 8.98. The van der Waals surface area contributed by atoms with Crippen LogP contribution < -0.4 is 5.32 Å². The van der Waals surface area contributed by atoms with Gasteiger partial charge in [0.15, 0.2) is 0 Å². The highest BCUT2D eigenvalue weighted by Gasteiger charge is 2.61. The van der Waals surface area contributed by atoms with Crippen LogP contribution in [0.4, 0.5) is 5.69 Å². The number of nitrogens with zero attached hydrogens (tertiary/aromatic N) is 1. The molecule has 1 heterocycles. The summed E-state index contributed by atoms with van der Waals surface area (Å²) in [6.07, 6.45) is 5.34. The zero-order valence-electron chi connectivity index (χ0n) is 18.0. The number of allylic oxidation sites excluding steroid dienone is 2. The van der Waals surface area contributed by atoms with E-state index in [1.165, 1.54) is 4.90 Å². The molecule has 164 valence electrons. The maximum Gasteiger partial charge on any atom is 0.338 e. The van der Waals surface area contributed by atoms with Gasteiger partial charge in [-0.25, -0.2) is 4.79 Å². The molecule has 3 amide bonds. The third kappa shape index (κ3) is 3.77. The van der Waals surface area contributed by atoms with Gasteiger partial charge in [-0.05, 0) is 61.8 Å². The number of nitrogens with one attached hydrogen (secondary N) is 1. The molecule has 0 radical (unpaired) electrons. The SMILES string of the molecule is CCOC(=O)c1ccc(NC(=O)[C@H](CC(C)C)N2C(=O)[C@@H]3[C@@H](C2=O)[C@H]2C=C[C@@H]3C2)cc1. The normalized spacial score (nSPS) is 27.0. The number of likely N-dealkylation sites (tertiary alicyclic amines) is 1. The fourth-order valence-corrected chi connectivity index (χ4v) is 5.14. The standard InChI is InChI=1S/C24H28N2O5/c1-4-31-24(30)14-7-9-17(10-8-14)25-21(27)18(11-13(2)3)26-22(28)19-15-5-6-16(12-15)20(19)23(26)29/h5-10,13,15-16,18-20H,4,11-12H2,1-3H3,(H,25,27)/t15-,16+,18-,19-,20-/m0/s1. The lowest BCUT2D eigenvalue weighted by Gasteiger charge is -2.28. The van der Waals surface area contributed by atoms with Crippen molar-refractivity contribution in [2.45, 2.75) is 39.7 Å². The van der Waals surface area contributed by atoms with E-state index in [-0.39, 0.29) is 53.9 Å². The number of carbonyl (C=O) groups is 4. The third-order valence-corrected chi connectivity index (χ3v) is 6.48. The van der Waals surface area contributed by atoms with Crippen molar-refractivity contribution in [3.8, 4) is 0 Å². The second-order valence-electron chi connectivity index (χ2n) is 8.98. The number of fused-ring (bicyclic) bond motifs is 5. The molecule has 5 atom stereocenters. The molecule has 1 saturated carbocycles. The molecule has 0 spiro atoms. The van der Waals surface area contributed by atoms with Crippen LogP contribution in [0.5, 0.6) is 0 Å². The Morgan fingerprint density at radius 3 is 2.16 bits per heavy atom. The van der Waals surface area contributed by atoms with Crippen LogP contribution in [0.15, 0.2) is 36.4 Å². The van der Waals surface area contributed by atoms with Crippen molar-refractivity contribution in [1.82, 2.24) is 4.90 Å². The maximum atomic E-state index is 13.2. The minimum absolute atomic E-state index is 0.106. The van der Waals surface area contributed by atoms with E-state index in [0.29, 0.717) is 17.7 Å². The van der Waals surface area contributed by atoms with Gasteiger partial charge in [-0.15, -0.1) is 0 Å².